The lowest BCUT2D eigenvalue weighted by molar-refractivity contribution is -0.165. The van der Waals surface area contributed by atoms with Gasteiger partial charge in [-0.25, -0.2) is 4.39 Å². The number of amides is 3. The average molecular weight is 605 g/mol. The minimum absolute atomic E-state index is 0.0798. The smallest absolute Gasteiger partial charge is 0.314 e. The van der Waals surface area contributed by atoms with Crippen LogP contribution < -0.4 is 0 Å². The second-order valence-corrected chi connectivity index (χ2v) is 11.6. The molecule has 0 bridgehead atoms. The highest BCUT2D eigenvalue weighted by molar-refractivity contribution is 6.30. The molecule has 0 radical (unpaired) electrons. The Kier molecular flexibility index (Phi) is 8.69. The van der Waals surface area contributed by atoms with Gasteiger partial charge in [-0.3, -0.25) is 24.1 Å². The van der Waals surface area contributed by atoms with Gasteiger partial charge in [-0.2, -0.15) is 0 Å². The fraction of sp³-hybridized carbons (Fsp3) is 0.353. The highest BCUT2D eigenvalue weighted by Gasteiger charge is 2.54. The maximum atomic E-state index is 14.6. The number of hydrogen-bond acceptors (Lipinski definition) is 5. The van der Waals surface area contributed by atoms with Gasteiger partial charge in [0.15, 0.2) is 0 Å². The number of fused-ring (bicyclic) bond motifs is 1. The Balaban J connectivity index is 1.53. The van der Waals surface area contributed by atoms with Gasteiger partial charge in [-0.15, -0.1) is 0 Å². The van der Waals surface area contributed by atoms with Crippen molar-refractivity contribution in [2.24, 2.45) is 5.41 Å². The first-order valence-electron chi connectivity index (χ1n) is 14.6. The third kappa shape index (κ3) is 5.44. The summed E-state index contributed by atoms with van der Waals surface area (Å²) in [5, 5.41) is 0.179. The maximum Gasteiger partial charge on any atom is 0.314 e. The number of imide groups is 1. The van der Waals surface area contributed by atoms with Gasteiger partial charge in [0.05, 0.1) is 22.6 Å². The zero-order valence-electron chi connectivity index (χ0n) is 24.4. The summed E-state index contributed by atoms with van der Waals surface area (Å²) in [6, 6.07) is 17.5. The molecule has 1 saturated heterocycles. The Morgan fingerprint density at radius 3 is 2.14 bits per heavy atom. The summed E-state index contributed by atoms with van der Waals surface area (Å²) in [4.78, 5) is 57.6. The van der Waals surface area contributed by atoms with Crippen molar-refractivity contribution < 1.29 is 28.3 Å². The first kappa shape index (κ1) is 30.4. The number of esters is 1. The molecule has 3 amide bonds. The van der Waals surface area contributed by atoms with Crippen molar-refractivity contribution in [2.75, 3.05) is 0 Å². The number of likely N-dealkylation sites (tertiary alicyclic amines) is 1. The second-order valence-electron chi connectivity index (χ2n) is 11.2. The summed E-state index contributed by atoms with van der Waals surface area (Å²) in [6.07, 6.45) is 1.62. The first-order valence-corrected chi connectivity index (χ1v) is 15.0. The van der Waals surface area contributed by atoms with Gasteiger partial charge < -0.3 is 9.64 Å². The average Bonchev–Trinajstić information content (AvgIpc) is 3.56. The lowest BCUT2D eigenvalue weighted by Gasteiger charge is -2.43. The molecule has 2 aliphatic rings. The molecule has 3 aromatic carbocycles. The van der Waals surface area contributed by atoms with Crippen molar-refractivity contribution in [3.63, 3.8) is 0 Å². The van der Waals surface area contributed by atoms with Crippen molar-refractivity contribution in [3.8, 4) is 0 Å². The molecule has 224 valence electrons. The van der Waals surface area contributed by atoms with Crippen molar-refractivity contribution in [1.29, 1.82) is 0 Å². The Morgan fingerprint density at radius 2 is 1.56 bits per heavy atom. The maximum absolute atomic E-state index is 14.6. The van der Waals surface area contributed by atoms with Gasteiger partial charge in [0, 0.05) is 11.1 Å². The Bertz CT molecular complexity index is 1500. The normalized spacial score (nSPS) is 19.0. The van der Waals surface area contributed by atoms with E-state index in [0.717, 1.165) is 10.5 Å². The quantitative estimate of drug-likeness (QED) is 0.199. The van der Waals surface area contributed by atoms with E-state index in [2.05, 4.69) is 0 Å². The summed E-state index contributed by atoms with van der Waals surface area (Å²) < 4.78 is 20.4. The van der Waals surface area contributed by atoms with Crippen LogP contribution in [0.15, 0.2) is 72.8 Å². The van der Waals surface area contributed by atoms with E-state index >= 15 is 0 Å². The Labute approximate surface area is 255 Å². The topological polar surface area (TPSA) is 84.0 Å². The molecule has 9 heteroatoms. The molecule has 0 unspecified atom stereocenters. The van der Waals surface area contributed by atoms with Crippen LogP contribution in [0, 0.1) is 11.2 Å². The molecular weight excluding hydrogens is 571 g/mol. The van der Waals surface area contributed by atoms with E-state index in [1.54, 1.807) is 35.2 Å². The van der Waals surface area contributed by atoms with Crippen LogP contribution in [0.4, 0.5) is 4.39 Å². The predicted octanol–water partition coefficient (Wildman–Crippen LogP) is 6.75. The van der Waals surface area contributed by atoms with E-state index in [9.17, 15) is 23.6 Å². The van der Waals surface area contributed by atoms with Crippen LogP contribution in [0.2, 0.25) is 5.02 Å². The van der Waals surface area contributed by atoms with Crippen molar-refractivity contribution in [1.82, 2.24) is 9.80 Å². The monoisotopic (exact) mass is 604 g/mol. The third-order valence-corrected chi connectivity index (χ3v) is 9.22. The molecule has 0 saturated carbocycles. The van der Waals surface area contributed by atoms with Gasteiger partial charge in [0.25, 0.3) is 11.8 Å². The van der Waals surface area contributed by atoms with Crippen molar-refractivity contribution >= 4 is 35.3 Å². The van der Waals surface area contributed by atoms with Crippen LogP contribution in [0.25, 0.3) is 0 Å². The summed E-state index contributed by atoms with van der Waals surface area (Å²) in [5.41, 5.74) is 0.703. The van der Waals surface area contributed by atoms with Crippen LogP contribution in [-0.4, -0.2) is 45.6 Å². The number of hydrogen-bond donors (Lipinski definition) is 0. The van der Waals surface area contributed by atoms with Gasteiger partial charge >= 0.3 is 5.97 Å². The zero-order valence-corrected chi connectivity index (χ0v) is 25.1. The van der Waals surface area contributed by atoms with E-state index in [1.165, 1.54) is 19.1 Å². The molecule has 43 heavy (non-hydrogen) atoms. The molecule has 0 aliphatic carbocycles. The molecule has 5 rings (SSSR count). The summed E-state index contributed by atoms with van der Waals surface area (Å²) in [7, 11) is 0. The number of benzene rings is 3. The van der Waals surface area contributed by atoms with Gasteiger partial charge in [-0.1, -0.05) is 67.9 Å². The van der Waals surface area contributed by atoms with E-state index in [1.807, 2.05) is 44.2 Å². The van der Waals surface area contributed by atoms with E-state index in [-0.39, 0.29) is 22.8 Å². The summed E-state index contributed by atoms with van der Waals surface area (Å²) >= 11 is 6.23. The molecule has 0 N–H and O–H groups in total. The van der Waals surface area contributed by atoms with E-state index in [4.69, 9.17) is 16.3 Å². The summed E-state index contributed by atoms with van der Waals surface area (Å²) in [5.74, 6) is -2.60. The molecule has 7 nitrogen and oxygen atoms in total. The lowest BCUT2D eigenvalue weighted by Crippen LogP contribution is -2.56. The minimum Gasteiger partial charge on any atom is -0.460 e. The number of nitrogens with zero attached hydrogens (tertiary/aromatic N) is 2. The number of carbonyl (C=O) groups is 4. The zero-order chi connectivity index (χ0) is 30.9. The van der Waals surface area contributed by atoms with Crippen LogP contribution >= 0.6 is 11.6 Å². The molecule has 2 aliphatic heterocycles. The molecule has 0 aromatic heterocycles. The minimum atomic E-state index is -1.17. The van der Waals surface area contributed by atoms with Gasteiger partial charge in [-0.05, 0) is 74.1 Å². The van der Waals surface area contributed by atoms with Crippen LogP contribution in [0.5, 0.6) is 0 Å². The molecule has 3 aromatic rings. The predicted molar refractivity (Wildman–Crippen MR) is 160 cm³/mol. The standard InChI is InChI=1S/C34H34ClFN2O5/c1-4-34(5-2,33(42)43-20-22-11-7-6-8-12-22)29-16-15-28(23-17-24(35)19-25(36)18-23)38(29)30(39)21(3)37-31(40)26-13-9-10-14-27(26)32(37)41/h6-14,17-19,21,28-29H,4-5,15-16,20H2,1-3H3/t21-,28+,29-/m1/s1. The molecule has 3 atom stereocenters. The van der Waals surface area contributed by atoms with Crippen LogP contribution in [0.1, 0.15) is 84.3 Å². The largest absolute Gasteiger partial charge is 0.460 e. The number of carbonyl (C=O) groups excluding carboxylic acids is 4. The fourth-order valence-corrected chi connectivity index (χ4v) is 6.88. The van der Waals surface area contributed by atoms with Crippen LogP contribution in [0.3, 0.4) is 0 Å². The van der Waals surface area contributed by atoms with E-state index in [0.29, 0.717) is 31.2 Å². The first-order chi connectivity index (χ1) is 20.6. The number of ether oxygens (including phenoxy) is 1. The number of halogens is 2. The molecule has 2 heterocycles. The van der Waals surface area contributed by atoms with Crippen molar-refractivity contribution in [3.05, 3.63) is 106 Å². The van der Waals surface area contributed by atoms with Crippen molar-refractivity contribution in [2.45, 2.75) is 71.2 Å². The SMILES string of the molecule is CCC(CC)(C(=O)OCc1ccccc1)[C@H]1CC[C@@H](c2cc(F)cc(Cl)c2)N1C(=O)[C@@H](C)N1C(=O)c2ccccc2C1=O. The van der Waals surface area contributed by atoms with Gasteiger partial charge in [0.2, 0.25) is 5.91 Å². The van der Waals surface area contributed by atoms with E-state index < -0.39 is 53.0 Å². The molecular formula is C34H34ClFN2O5. The fourth-order valence-electron chi connectivity index (χ4n) is 6.65. The van der Waals surface area contributed by atoms with Crippen LogP contribution in [-0.2, 0) is 20.9 Å². The lowest BCUT2D eigenvalue weighted by atomic mass is 9.74. The molecule has 0 spiro atoms. The highest BCUT2D eigenvalue weighted by atomic mass is 35.5. The second kappa shape index (κ2) is 12.3. The molecule has 1 fully saturated rings. The van der Waals surface area contributed by atoms with Gasteiger partial charge in [0.1, 0.15) is 18.5 Å². The Morgan fingerprint density at radius 1 is 0.953 bits per heavy atom. The Hall–Kier alpha value is -4.04. The number of rotatable bonds is 9. The highest BCUT2D eigenvalue weighted by Crippen LogP contribution is 2.48. The third-order valence-electron chi connectivity index (χ3n) is 9.00. The summed E-state index contributed by atoms with van der Waals surface area (Å²) in [6.45, 7) is 5.37.